The van der Waals surface area contributed by atoms with Crippen LogP contribution in [0, 0.1) is 6.92 Å². The number of benzene rings is 1. The molecule has 2 aromatic rings. The second-order valence-corrected chi connectivity index (χ2v) is 7.62. The average molecular weight is 370 g/mol. The highest BCUT2D eigenvalue weighted by molar-refractivity contribution is 5.91. The van der Waals surface area contributed by atoms with Crippen LogP contribution < -0.4 is 5.32 Å². The quantitative estimate of drug-likeness (QED) is 0.814. The Morgan fingerprint density at radius 3 is 2.56 bits per heavy atom. The lowest BCUT2D eigenvalue weighted by atomic mass is 9.93. The Balaban J connectivity index is 1.88. The van der Waals surface area contributed by atoms with E-state index >= 15 is 0 Å². The molecular weight excluding hydrogens is 344 g/mol. The summed E-state index contributed by atoms with van der Waals surface area (Å²) in [6.07, 6.45) is 3.09. The van der Waals surface area contributed by atoms with Crippen molar-refractivity contribution in [2.24, 2.45) is 0 Å². The van der Waals surface area contributed by atoms with Crippen molar-refractivity contribution < 1.29 is 14.7 Å². The Labute approximate surface area is 158 Å². The number of rotatable bonds is 6. The van der Waals surface area contributed by atoms with Crippen LogP contribution in [0.3, 0.4) is 0 Å². The number of nitrogens with one attached hydrogen (secondary N) is 1. The molecule has 0 atom stereocenters. The average Bonchev–Trinajstić information content (AvgIpc) is 3.21. The van der Waals surface area contributed by atoms with Crippen LogP contribution in [-0.4, -0.2) is 37.3 Å². The number of carboxylic acids is 1. The molecule has 2 N–H and O–H groups in total. The fourth-order valence-electron chi connectivity index (χ4n) is 3.87. The van der Waals surface area contributed by atoms with Gasteiger partial charge >= 0.3 is 5.97 Å². The molecule has 1 aliphatic rings. The Kier molecular flexibility index (Phi) is 5.30. The SMILES string of the molecule is Cc1nc(C(=O)NC2(CC(=O)O)CCCC2)nn1-c1ccccc1C(C)C. The minimum atomic E-state index is -0.905. The van der Waals surface area contributed by atoms with Crippen molar-refractivity contribution in [2.45, 2.75) is 64.3 Å². The number of carbonyl (C=O) groups excluding carboxylic acids is 1. The number of hydrogen-bond donors (Lipinski definition) is 2. The molecule has 0 spiro atoms. The number of nitrogens with zero attached hydrogens (tertiary/aromatic N) is 3. The van der Waals surface area contributed by atoms with E-state index in [0.29, 0.717) is 24.6 Å². The molecule has 0 saturated heterocycles. The van der Waals surface area contributed by atoms with Crippen LogP contribution in [0.1, 0.15) is 73.9 Å². The smallest absolute Gasteiger partial charge is 0.305 e. The monoisotopic (exact) mass is 370 g/mol. The third kappa shape index (κ3) is 4.02. The van der Waals surface area contributed by atoms with Crippen LogP contribution >= 0.6 is 0 Å². The van der Waals surface area contributed by atoms with Gasteiger partial charge in [0.15, 0.2) is 0 Å². The largest absolute Gasteiger partial charge is 0.481 e. The van der Waals surface area contributed by atoms with Gasteiger partial charge in [0.05, 0.1) is 17.6 Å². The standard InChI is InChI=1S/C20H26N4O3/c1-13(2)15-8-4-5-9-16(15)24-14(3)21-18(23-24)19(27)22-20(12-17(25)26)10-6-7-11-20/h4-5,8-9,13H,6-7,10-12H2,1-3H3,(H,22,27)(H,25,26). The summed E-state index contributed by atoms with van der Waals surface area (Å²) < 4.78 is 1.68. The summed E-state index contributed by atoms with van der Waals surface area (Å²) in [5, 5.41) is 16.5. The number of hydrogen-bond acceptors (Lipinski definition) is 4. The van der Waals surface area contributed by atoms with Gasteiger partial charge in [0, 0.05) is 0 Å². The first kappa shape index (κ1) is 19.1. The topological polar surface area (TPSA) is 97.1 Å². The summed E-state index contributed by atoms with van der Waals surface area (Å²) in [5.74, 6) is -0.325. The van der Waals surface area contributed by atoms with E-state index in [1.54, 1.807) is 4.68 Å². The van der Waals surface area contributed by atoms with Crippen LogP contribution in [0.5, 0.6) is 0 Å². The third-order valence-electron chi connectivity index (χ3n) is 5.19. The molecular formula is C20H26N4O3. The van der Waals surface area contributed by atoms with Gasteiger partial charge in [0.2, 0.25) is 5.82 Å². The molecule has 0 aliphatic heterocycles. The zero-order valence-corrected chi connectivity index (χ0v) is 16.0. The van der Waals surface area contributed by atoms with Gasteiger partial charge in [-0.2, -0.15) is 0 Å². The number of aromatic nitrogens is 3. The normalized spacial score (nSPS) is 15.9. The summed E-state index contributed by atoms with van der Waals surface area (Å²) in [4.78, 5) is 28.3. The molecule has 144 valence electrons. The molecule has 7 nitrogen and oxygen atoms in total. The van der Waals surface area contributed by atoms with Gasteiger partial charge < -0.3 is 10.4 Å². The Bertz CT molecular complexity index is 851. The second kappa shape index (κ2) is 7.50. The maximum absolute atomic E-state index is 12.8. The summed E-state index contributed by atoms with van der Waals surface area (Å²) in [6.45, 7) is 6.02. The number of para-hydroxylation sites is 1. The molecule has 0 unspecified atom stereocenters. The predicted octanol–water partition coefficient (Wildman–Crippen LogP) is 3.22. The molecule has 3 rings (SSSR count). The lowest BCUT2D eigenvalue weighted by Crippen LogP contribution is -2.48. The molecule has 1 amide bonds. The van der Waals surface area contributed by atoms with Crippen molar-refractivity contribution >= 4 is 11.9 Å². The van der Waals surface area contributed by atoms with Crippen LogP contribution in [-0.2, 0) is 4.79 Å². The molecule has 7 heteroatoms. The molecule has 0 bridgehead atoms. The van der Waals surface area contributed by atoms with E-state index < -0.39 is 17.4 Å². The Hall–Kier alpha value is -2.70. The molecule has 1 fully saturated rings. The summed E-state index contributed by atoms with van der Waals surface area (Å²) in [7, 11) is 0. The highest BCUT2D eigenvalue weighted by atomic mass is 16.4. The summed E-state index contributed by atoms with van der Waals surface area (Å²) >= 11 is 0. The van der Waals surface area contributed by atoms with Gasteiger partial charge in [-0.05, 0) is 37.3 Å². The molecule has 1 aliphatic carbocycles. The zero-order chi connectivity index (χ0) is 19.6. The summed E-state index contributed by atoms with van der Waals surface area (Å²) in [6, 6.07) is 7.92. The number of carbonyl (C=O) groups is 2. The first-order valence-electron chi connectivity index (χ1n) is 9.38. The van der Waals surface area contributed by atoms with Crippen molar-refractivity contribution in [1.82, 2.24) is 20.1 Å². The van der Waals surface area contributed by atoms with E-state index in [1.165, 1.54) is 0 Å². The Morgan fingerprint density at radius 1 is 1.26 bits per heavy atom. The number of amides is 1. The second-order valence-electron chi connectivity index (χ2n) is 7.62. The minimum absolute atomic E-state index is 0.0720. The van der Waals surface area contributed by atoms with E-state index in [-0.39, 0.29) is 12.2 Å². The minimum Gasteiger partial charge on any atom is -0.481 e. The van der Waals surface area contributed by atoms with Gasteiger partial charge in [-0.1, -0.05) is 44.9 Å². The van der Waals surface area contributed by atoms with E-state index in [0.717, 1.165) is 24.1 Å². The van der Waals surface area contributed by atoms with Crippen molar-refractivity contribution in [3.63, 3.8) is 0 Å². The number of aliphatic carboxylic acids is 1. The van der Waals surface area contributed by atoms with Crippen LogP contribution in [0.25, 0.3) is 5.69 Å². The molecule has 0 radical (unpaired) electrons. The number of aryl methyl sites for hydroxylation is 1. The highest BCUT2D eigenvalue weighted by Crippen LogP contribution is 2.33. The molecule has 1 saturated carbocycles. The van der Waals surface area contributed by atoms with Crippen molar-refractivity contribution in [1.29, 1.82) is 0 Å². The van der Waals surface area contributed by atoms with Gasteiger partial charge in [0.25, 0.3) is 5.91 Å². The predicted molar refractivity (Wildman–Crippen MR) is 101 cm³/mol. The fraction of sp³-hybridized carbons (Fsp3) is 0.500. The molecule has 1 heterocycles. The molecule has 1 aromatic heterocycles. The van der Waals surface area contributed by atoms with Gasteiger partial charge in [-0.3, -0.25) is 9.59 Å². The fourth-order valence-corrected chi connectivity index (χ4v) is 3.87. The first-order valence-corrected chi connectivity index (χ1v) is 9.38. The van der Waals surface area contributed by atoms with Crippen molar-refractivity contribution in [3.05, 3.63) is 41.5 Å². The third-order valence-corrected chi connectivity index (χ3v) is 5.19. The van der Waals surface area contributed by atoms with Gasteiger partial charge in [-0.15, -0.1) is 5.10 Å². The maximum atomic E-state index is 12.8. The number of carboxylic acid groups (broad SMARTS) is 1. The van der Waals surface area contributed by atoms with Crippen LogP contribution in [0.2, 0.25) is 0 Å². The highest BCUT2D eigenvalue weighted by Gasteiger charge is 2.38. The van der Waals surface area contributed by atoms with Crippen LogP contribution in [0.4, 0.5) is 0 Å². The lowest BCUT2D eigenvalue weighted by molar-refractivity contribution is -0.138. The first-order chi connectivity index (χ1) is 12.8. The van der Waals surface area contributed by atoms with Crippen molar-refractivity contribution in [2.75, 3.05) is 0 Å². The molecule has 1 aromatic carbocycles. The van der Waals surface area contributed by atoms with E-state index in [1.807, 2.05) is 31.2 Å². The Morgan fingerprint density at radius 2 is 1.93 bits per heavy atom. The van der Waals surface area contributed by atoms with Crippen LogP contribution in [0.15, 0.2) is 24.3 Å². The van der Waals surface area contributed by atoms with E-state index in [4.69, 9.17) is 0 Å². The molecule has 27 heavy (non-hydrogen) atoms. The zero-order valence-electron chi connectivity index (χ0n) is 16.0. The lowest BCUT2D eigenvalue weighted by Gasteiger charge is -2.27. The van der Waals surface area contributed by atoms with E-state index in [2.05, 4.69) is 29.2 Å². The maximum Gasteiger partial charge on any atom is 0.305 e. The van der Waals surface area contributed by atoms with Crippen molar-refractivity contribution in [3.8, 4) is 5.69 Å². The van der Waals surface area contributed by atoms with Gasteiger partial charge in [-0.25, -0.2) is 9.67 Å². The summed E-state index contributed by atoms with van der Waals surface area (Å²) in [5.41, 5.74) is 1.33. The van der Waals surface area contributed by atoms with E-state index in [9.17, 15) is 14.7 Å². The van der Waals surface area contributed by atoms with Gasteiger partial charge in [0.1, 0.15) is 5.82 Å².